The predicted molar refractivity (Wildman–Crippen MR) is 55.5 cm³/mol. The van der Waals surface area contributed by atoms with Crippen LogP contribution in [-0.4, -0.2) is 25.8 Å². The van der Waals surface area contributed by atoms with Crippen LogP contribution in [0, 0.1) is 0 Å². The Kier molecular flexibility index (Phi) is 1.91. The summed E-state index contributed by atoms with van der Waals surface area (Å²) in [5.74, 6) is 2.19. The van der Waals surface area contributed by atoms with Crippen LogP contribution in [0.3, 0.4) is 0 Å². The lowest BCUT2D eigenvalue weighted by atomic mass is 10.4. The number of halogens is 1. The quantitative estimate of drug-likeness (QED) is 0.787. The molecule has 0 aliphatic carbocycles. The third kappa shape index (κ3) is 1.14. The zero-order valence-corrected chi connectivity index (χ0v) is 9.48. The first kappa shape index (κ1) is 8.55. The molecule has 0 aromatic carbocycles. The van der Waals surface area contributed by atoms with Gasteiger partial charge >= 0.3 is 0 Å². The second-order valence-electron chi connectivity index (χ2n) is 2.81. The van der Waals surface area contributed by atoms with Crippen molar-refractivity contribution in [1.29, 1.82) is 0 Å². The van der Waals surface area contributed by atoms with Gasteiger partial charge in [-0.1, -0.05) is 0 Å². The lowest BCUT2D eigenvalue weighted by molar-refractivity contribution is 0.173. The van der Waals surface area contributed by atoms with Crippen molar-refractivity contribution in [3.63, 3.8) is 0 Å². The number of fused-ring (bicyclic) bond motifs is 1. The fraction of sp³-hybridized carbons (Fsp3) is 0.375. The van der Waals surface area contributed by atoms with Gasteiger partial charge in [0.2, 0.25) is 12.7 Å². The number of aliphatic imine (C=N–C) groups is 1. The first-order valence-corrected chi connectivity index (χ1v) is 5.72. The van der Waals surface area contributed by atoms with E-state index in [4.69, 9.17) is 14.2 Å². The fourth-order valence-electron chi connectivity index (χ4n) is 1.39. The van der Waals surface area contributed by atoms with E-state index in [-0.39, 0.29) is 6.79 Å². The van der Waals surface area contributed by atoms with Gasteiger partial charge in [-0.15, -0.1) is 11.3 Å². The van der Waals surface area contributed by atoms with E-state index < -0.39 is 0 Å². The number of nitrogens with zero attached hydrogens (tertiary/aromatic N) is 1. The van der Waals surface area contributed by atoms with Crippen LogP contribution in [-0.2, 0) is 4.74 Å². The molecule has 1 aromatic heterocycles. The van der Waals surface area contributed by atoms with Gasteiger partial charge in [0, 0.05) is 0 Å². The van der Waals surface area contributed by atoms with Gasteiger partial charge in [0.1, 0.15) is 15.3 Å². The van der Waals surface area contributed by atoms with Crippen LogP contribution in [0.5, 0.6) is 11.5 Å². The van der Waals surface area contributed by atoms with Gasteiger partial charge in [-0.25, -0.2) is 4.99 Å². The van der Waals surface area contributed by atoms with Crippen LogP contribution >= 0.6 is 27.3 Å². The normalized spacial score (nSPS) is 18.2. The predicted octanol–water partition coefficient (Wildman–Crippen LogP) is 2.02. The van der Waals surface area contributed by atoms with Gasteiger partial charge in [0.15, 0.2) is 11.5 Å². The topological polar surface area (TPSA) is 40.0 Å². The van der Waals surface area contributed by atoms with E-state index in [2.05, 4.69) is 20.9 Å². The summed E-state index contributed by atoms with van der Waals surface area (Å²) in [7, 11) is 0. The van der Waals surface area contributed by atoms with Gasteiger partial charge in [0.05, 0.1) is 6.54 Å². The van der Waals surface area contributed by atoms with Crippen molar-refractivity contribution >= 4 is 33.2 Å². The van der Waals surface area contributed by atoms with Gasteiger partial charge in [-0.3, -0.25) is 0 Å². The first-order valence-electron chi connectivity index (χ1n) is 4.12. The maximum atomic E-state index is 5.38. The van der Waals surface area contributed by atoms with E-state index in [0.717, 1.165) is 26.7 Å². The van der Waals surface area contributed by atoms with Gasteiger partial charge in [-0.05, 0) is 15.9 Å². The molecule has 3 heterocycles. The van der Waals surface area contributed by atoms with E-state index in [1.165, 1.54) is 11.3 Å². The summed E-state index contributed by atoms with van der Waals surface area (Å²) in [5, 5.41) is 0. The molecule has 0 spiro atoms. The summed E-state index contributed by atoms with van der Waals surface area (Å²) in [4.78, 5) is 5.16. The molecule has 0 fully saturated rings. The summed E-state index contributed by atoms with van der Waals surface area (Å²) in [5.41, 5.74) is 0. The van der Waals surface area contributed by atoms with Crippen LogP contribution in [0.15, 0.2) is 8.78 Å². The molecule has 0 radical (unpaired) electrons. The van der Waals surface area contributed by atoms with Gasteiger partial charge in [-0.2, -0.15) is 0 Å². The zero-order chi connectivity index (χ0) is 9.54. The van der Waals surface area contributed by atoms with Crippen LogP contribution in [0.2, 0.25) is 0 Å². The summed E-state index contributed by atoms with van der Waals surface area (Å²) >= 11 is 4.94. The van der Waals surface area contributed by atoms with Crippen molar-refractivity contribution in [3.8, 4) is 11.5 Å². The Morgan fingerprint density at radius 2 is 2.07 bits per heavy atom. The van der Waals surface area contributed by atoms with Gasteiger partial charge in [0.25, 0.3) is 0 Å². The highest BCUT2D eigenvalue weighted by Gasteiger charge is 2.29. The molecule has 0 amide bonds. The summed E-state index contributed by atoms with van der Waals surface area (Å²) in [6.45, 7) is 1.65. The van der Waals surface area contributed by atoms with Crippen LogP contribution in [0.25, 0.3) is 0 Å². The molecule has 14 heavy (non-hydrogen) atoms. The van der Waals surface area contributed by atoms with Gasteiger partial charge < -0.3 is 14.2 Å². The molecular formula is C8H6BrNO3S. The van der Waals surface area contributed by atoms with Crippen molar-refractivity contribution < 1.29 is 14.2 Å². The summed E-state index contributed by atoms with van der Waals surface area (Å²) in [6.07, 6.45) is 0. The third-order valence-corrected chi connectivity index (χ3v) is 3.74. The van der Waals surface area contributed by atoms with E-state index in [1.807, 2.05) is 0 Å². The summed E-state index contributed by atoms with van der Waals surface area (Å²) < 4.78 is 17.0. The number of thiophene rings is 1. The number of ether oxygens (including phenoxy) is 3. The standard InChI is InChI=1S/C8H6BrNO3S/c9-7-5-4(12-3-13-5)6(14-7)8-10-1-2-11-8/h1-3H2. The van der Waals surface area contributed by atoms with E-state index >= 15 is 0 Å². The average Bonchev–Trinajstić information content (AvgIpc) is 2.84. The molecular weight excluding hydrogens is 270 g/mol. The Morgan fingerprint density at radius 1 is 1.21 bits per heavy atom. The minimum absolute atomic E-state index is 0.275. The van der Waals surface area contributed by atoms with Crippen LogP contribution < -0.4 is 9.47 Å². The molecule has 1 aromatic rings. The highest BCUT2D eigenvalue weighted by molar-refractivity contribution is 9.11. The molecule has 0 bridgehead atoms. The lowest BCUT2D eigenvalue weighted by Crippen LogP contribution is -2.01. The number of hydrogen-bond donors (Lipinski definition) is 0. The van der Waals surface area contributed by atoms with Crippen molar-refractivity contribution in [1.82, 2.24) is 0 Å². The highest BCUT2D eigenvalue weighted by Crippen LogP contribution is 2.48. The second kappa shape index (κ2) is 3.13. The van der Waals surface area contributed by atoms with Crippen molar-refractivity contribution in [2.45, 2.75) is 0 Å². The molecule has 2 aliphatic rings. The van der Waals surface area contributed by atoms with E-state index in [1.54, 1.807) is 0 Å². The molecule has 6 heteroatoms. The molecule has 0 saturated heterocycles. The Bertz CT molecular complexity index is 415. The molecule has 4 nitrogen and oxygen atoms in total. The molecule has 0 unspecified atom stereocenters. The fourth-order valence-corrected chi connectivity index (χ4v) is 3.05. The van der Waals surface area contributed by atoms with E-state index in [9.17, 15) is 0 Å². The van der Waals surface area contributed by atoms with Crippen molar-refractivity contribution in [3.05, 3.63) is 8.66 Å². The second-order valence-corrected chi connectivity index (χ2v) is 5.14. The largest absolute Gasteiger partial charge is 0.475 e. The maximum absolute atomic E-state index is 5.38. The van der Waals surface area contributed by atoms with Crippen molar-refractivity contribution in [2.75, 3.05) is 19.9 Å². The third-order valence-electron chi connectivity index (χ3n) is 1.97. The molecule has 0 atom stereocenters. The molecule has 74 valence electrons. The minimum Gasteiger partial charge on any atom is -0.475 e. The molecule has 0 saturated carbocycles. The zero-order valence-electron chi connectivity index (χ0n) is 7.08. The Morgan fingerprint density at radius 3 is 2.86 bits per heavy atom. The Hall–Kier alpha value is -0.750. The van der Waals surface area contributed by atoms with Crippen molar-refractivity contribution in [2.24, 2.45) is 4.99 Å². The van der Waals surface area contributed by atoms with E-state index in [0.29, 0.717) is 12.5 Å². The molecule has 2 aliphatic heterocycles. The molecule has 3 rings (SSSR count). The Balaban J connectivity index is 2.10. The van der Waals surface area contributed by atoms with Crippen LogP contribution in [0.4, 0.5) is 0 Å². The summed E-state index contributed by atoms with van der Waals surface area (Å²) in [6, 6.07) is 0. The average molecular weight is 276 g/mol. The smallest absolute Gasteiger partial charge is 0.231 e. The number of hydrogen-bond acceptors (Lipinski definition) is 5. The Labute approximate surface area is 92.6 Å². The SMILES string of the molecule is Brc1sc(C2=NCCO2)c2c1OCO2. The maximum Gasteiger partial charge on any atom is 0.231 e. The molecule has 0 N–H and O–H groups in total. The first-order chi connectivity index (χ1) is 6.86. The van der Waals surface area contributed by atoms with Crippen LogP contribution in [0.1, 0.15) is 4.88 Å². The monoisotopic (exact) mass is 275 g/mol. The number of rotatable bonds is 1. The lowest BCUT2D eigenvalue weighted by Gasteiger charge is -1.99. The highest BCUT2D eigenvalue weighted by atomic mass is 79.9. The minimum atomic E-state index is 0.275.